The third-order valence-electron chi connectivity index (χ3n) is 3.99. The number of halogens is 2. The molecule has 23 heavy (non-hydrogen) atoms. The van der Waals surface area contributed by atoms with E-state index in [2.05, 4.69) is 15.9 Å². The molecule has 0 aliphatic carbocycles. The summed E-state index contributed by atoms with van der Waals surface area (Å²) < 4.78 is 25.6. The molecule has 1 aromatic carbocycles. The Morgan fingerprint density at radius 1 is 1.39 bits per heavy atom. The summed E-state index contributed by atoms with van der Waals surface area (Å²) in [6.07, 6.45) is 0.897. The van der Waals surface area contributed by atoms with Crippen molar-refractivity contribution in [2.24, 2.45) is 17.6 Å². The molecular weight excluding hydrogens is 404 g/mol. The maximum absolute atomic E-state index is 12.4. The molecule has 0 bridgehead atoms. The largest absolute Gasteiger partial charge is 0.342 e. The molecule has 0 radical (unpaired) electrons. The lowest BCUT2D eigenvalue weighted by Crippen LogP contribution is -2.36. The normalized spacial score (nSPS) is 19.3. The van der Waals surface area contributed by atoms with Crippen molar-refractivity contribution in [2.45, 2.75) is 18.2 Å². The van der Waals surface area contributed by atoms with E-state index in [1.165, 1.54) is 0 Å². The molecule has 5 nitrogen and oxygen atoms in total. The van der Waals surface area contributed by atoms with E-state index in [-0.39, 0.29) is 29.0 Å². The second-order valence-electron chi connectivity index (χ2n) is 5.81. The molecule has 2 atom stereocenters. The lowest BCUT2D eigenvalue weighted by Gasteiger charge is -2.21. The van der Waals surface area contributed by atoms with Crippen LogP contribution in [0, 0.1) is 11.8 Å². The van der Waals surface area contributed by atoms with Crippen LogP contribution in [0.5, 0.6) is 0 Å². The van der Waals surface area contributed by atoms with Gasteiger partial charge < -0.3 is 10.6 Å². The first-order valence-electron chi connectivity index (χ1n) is 7.30. The van der Waals surface area contributed by atoms with Gasteiger partial charge in [-0.2, -0.15) is 0 Å². The zero-order valence-corrected chi connectivity index (χ0v) is 16.2. The van der Waals surface area contributed by atoms with Crippen molar-refractivity contribution in [3.05, 3.63) is 28.7 Å². The van der Waals surface area contributed by atoms with Crippen molar-refractivity contribution in [3.8, 4) is 0 Å². The van der Waals surface area contributed by atoms with Gasteiger partial charge in [0.05, 0.1) is 10.6 Å². The van der Waals surface area contributed by atoms with Gasteiger partial charge in [-0.25, -0.2) is 8.42 Å². The average Bonchev–Trinajstić information content (AvgIpc) is 2.95. The van der Waals surface area contributed by atoms with E-state index in [0.29, 0.717) is 25.6 Å². The Kier molecular flexibility index (Phi) is 7.51. The lowest BCUT2D eigenvalue weighted by atomic mass is 10.1. The number of hydrogen-bond acceptors (Lipinski definition) is 4. The Labute approximate surface area is 152 Å². The fraction of sp³-hybridized carbons (Fsp3) is 0.533. The van der Waals surface area contributed by atoms with Crippen molar-refractivity contribution in [1.29, 1.82) is 0 Å². The number of likely N-dealkylation sites (tertiary alicyclic amines) is 1. The minimum atomic E-state index is -3.46. The SMILES string of the molecule is CC(CS(=O)(=O)c1ccc(Br)cc1)C(=O)N1CCC(CN)C1.Cl. The van der Waals surface area contributed by atoms with Crippen molar-refractivity contribution in [2.75, 3.05) is 25.4 Å². The minimum Gasteiger partial charge on any atom is -0.342 e. The topological polar surface area (TPSA) is 80.5 Å². The van der Waals surface area contributed by atoms with Crippen molar-refractivity contribution < 1.29 is 13.2 Å². The second kappa shape index (κ2) is 8.46. The molecule has 1 aromatic rings. The van der Waals surface area contributed by atoms with E-state index >= 15 is 0 Å². The molecule has 2 N–H and O–H groups in total. The maximum Gasteiger partial charge on any atom is 0.226 e. The van der Waals surface area contributed by atoms with E-state index in [4.69, 9.17) is 5.73 Å². The summed E-state index contributed by atoms with van der Waals surface area (Å²) in [5.74, 6) is -0.488. The zero-order chi connectivity index (χ0) is 16.3. The Morgan fingerprint density at radius 2 is 2.00 bits per heavy atom. The number of hydrogen-bond donors (Lipinski definition) is 1. The molecule has 1 amide bonds. The van der Waals surface area contributed by atoms with Crippen LogP contribution in [0.25, 0.3) is 0 Å². The Bertz CT molecular complexity index is 637. The number of benzene rings is 1. The van der Waals surface area contributed by atoms with Crippen LogP contribution >= 0.6 is 28.3 Å². The monoisotopic (exact) mass is 424 g/mol. The molecule has 2 unspecified atom stereocenters. The van der Waals surface area contributed by atoms with Crippen molar-refractivity contribution in [3.63, 3.8) is 0 Å². The molecule has 0 saturated carbocycles. The number of nitrogens with zero attached hydrogens (tertiary/aromatic N) is 1. The van der Waals surface area contributed by atoms with Gasteiger partial charge in [-0.15, -0.1) is 12.4 Å². The molecule has 1 fully saturated rings. The molecular formula is C15H22BrClN2O3S. The summed E-state index contributed by atoms with van der Waals surface area (Å²) in [7, 11) is -3.46. The predicted octanol–water partition coefficient (Wildman–Crippen LogP) is 2.09. The van der Waals surface area contributed by atoms with Gasteiger partial charge in [-0.05, 0) is 43.1 Å². The Hall–Kier alpha value is -0.630. The second-order valence-corrected chi connectivity index (χ2v) is 8.76. The van der Waals surface area contributed by atoms with Gasteiger partial charge in [-0.1, -0.05) is 22.9 Å². The van der Waals surface area contributed by atoms with E-state index in [0.717, 1.165) is 10.9 Å². The standard InChI is InChI=1S/C15H21BrN2O3S.ClH/c1-11(15(19)18-7-6-12(8-17)9-18)10-22(20,21)14-4-2-13(16)3-5-14;/h2-5,11-12H,6-10,17H2,1H3;1H. The highest BCUT2D eigenvalue weighted by Gasteiger charge is 2.31. The zero-order valence-electron chi connectivity index (χ0n) is 12.9. The van der Waals surface area contributed by atoms with Crippen LogP contribution in [0.1, 0.15) is 13.3 Å². The predicted molar refractivity (Wildman–Crippen MR) is 96.3 cm³/mol. The van der Waals surface area contributed by atoms with Gasteiger partial charge in [0.1, 0.15) is 0 Å². The van der Waals surface area contributed by atoms with Crippen LogP contribution in [-0.4, -0.2) is 44.6 Å². The summed E-state index contributed by atoms with van der Waals surface area (Å²) >= 11 is 3.28. The molecule has 0 spiro atoms. The highest BCUT2D eigenvalue weighted by atomic mass is 79.9. The van der Waals surface area contributed by atoms with Gasteiger partial charge in [0, 0.05) is 23.5 Å². The van der Waals surface area contributed by atoms with E-state index in [9.17, 15) is 13.2 Å². The average molecular weight is 426 g/mol. The van der Waals surface area contributed by atoms with Crippen molar-refractivity contribution in [1.82, 2.24) is 4.90 Å². The molecule has 8 heteroatoms. The number of rotatable bonds is 5. The van der Waals surface area contributed by atoms with Crippen LogP contribution in [-0.2, 0) is 14.6 Å². The van der Waals surface area contributed by atoms with E-state index in [1.54, 1.807) is 36.1 Å². The molecule has 1 heterocycles. The first-order chi connectivity index (χ1) is 10.3. The molecule has 1 aliphatic rings. The fourth-order valence-electron chi connectivity index (χ4n) is 2.68. The maximum atomic E-state index is 12.4. The highest BCUT2D eigenvalue weighted by molar-refractivity contribution is 9.10. The summed E-state index contributed by atoms with van der Waals surface area (Å²) in [6.45, 7) is 3.55. The molecule has 1 aliphatic heterocycles. The quantitative estimate of drug-likeness (QED) is 0.783. The van der Waals surface area contributed by atoms with Gasteiger partial charge in [0.25, 0.3) is 0 Å². The first kappa shape index (κ1) is 20.4. The van der Waals surface area contributed by atoms with Crippen LogP contribution in [0.2, 0.25) is 0 Å². The third-order valence-corrected chi connectivity index (χ3v) is 6.45. The van der Waals surface area contributed by atoms with Gasteiger partial charge in [0.2, 0.25) is 5.91 Å². The number of carbonyl (C=O) groups excluding carboxylic acids is 1. The van der Waals surface area contributed by atoms with E-state index in [1.807, 2.05) is 0 Å². The summed E-state index contributed by atoms with van der Waals surface area (Å²) in [5.41, 5.74) is 5.62. The van der Waals surface area contributed by atoms with Crippen molar-refractivity contribution >= 4 is 44.1 Å². The number of carbonyl (C=O) groups is 1. The smallest absolute Gasteiger partial charge is 0.226 e. The molecule has 1 saturated heterocycles. The van der Waals surface area contributed by atoms with Gasteiger partial charge >= 0.3 is 0 Å². The van der Waals surface area contributed by atoms with Gasteiger partial charge in [0.15, 0.2) is 9.84 Å². The van der Waals surface area contributed by atoms with Crippen LogP contribution in [0.15, 0.2) is 33.6 Å². The summed E-state index contributed by atoms with van der Waals surface area (Å²) in [6, 6.07) is 6.48. The van der Waals surface area contributed by atoms with Crippen LogP contribution in [0.4, 0.5) is 0 Å². The lowest BCUT2D eigenvalue weighted by molar-refractivity contribution is -0.133. The minimum absolute atomic E-state index is 0. The Balaban J connectivity index is 0.00000264. The summed E-state index contributed by atoms with van der Waals surface area (Å²) in [4.78, 5) is 14.4. The number of amides is 1. The third kappa shape index (κ3) is 5.17. The van der Waals surface area contributed by atoms with E-state index < -0.39 is 15.8 Å². The van der Waals surface area contributed by atoms with Crippen LogP contribution < -0.4 is 5.73 Å². The molecule has 0 aromatic heterocycles. The highest BCUT2D eigenvalue weighted by Crippen LogP contribution is 2.21. The van der Waals surface area contributed by atoms with Crippen LogP contribution in [0.3, 0.4) is 0 Å². The number of sulfone groups is 1. The van der Waals surface area contributed by atoms with Gasteiger partial charge in [-0.3, -0.25) is 4.79 Å². The Morgan fingerprint density at radius 3 is 2.52 bits per heavy atom. The number of nitrogens with two attached hydrogens (primary N) is 1. The fourth-order valence-corrected chi connectivity index (χ4v) is 4.48. The molecule has 130 valence electrons. The molecule has 2 rings (SSSR count). The first-order valence-corrected chi connectivity index (χ1v) is 9.75. The summed E-state index contributed by atoms with van der Waals surface area (Å²) in [5, 5.41) is 0.